The van der Waals surface area contributed by atoms with Gasteiger partial charge in [0, 0.05) is 38.8 Å². The van der Waals surface area contributed by atoms with E-state index in [1.165, 1.54) is 9.80 Å². The zero-order valence-corrected chi connectivity index (χ0v) is 61.5. The van der Waals surface area contributed by atoms with Gasteiger partial charge in [-0.2, -0.15) is 0 Å². The Hall–Kier alpha value is -11.1. The lowest BCUT2D eigenvalue weighted by atomic mass is 9.90. The number of amides is 10. The molecule has 13 rings (SSSR count). The molecule has 560 valence electrons. The lowest BCUT2D eigenvalue weighted by molar-refractivity contribution is -0.143. The molecule has 0 aliphatic carbocycles. The Morgan fingerprint density at radius 3 is 1.02 bits per heavy atom. The summed E-state index contributed by atoms with van der Waals surface area (Å²) in [7, 11) is 0. The maximum absolute atomic E-state index is 15.7. The Bertz CT molecular complexity index is 4650. The molecule has 12 N–H and O–H groups in total. The van der Waals surface area contributed by atoms with Gasteiger partial charge in [-0.25, -0.2) is 0 Å². The van der Waals surface area contributed by atoms with Crippen LogP contribution in [0.25, 0.3) is 64.6 Å². The molecule has 3 fully saturated rings. The van der Waals surface area contributed by atoms with Crippen molar-refractivity contribution in [1.82, 2.24) is 52.3 Å². The number of nitrogens with zero attached hydrogens (tertiary/aromatic N) is 2. The van der Waals surface area contributed by atoms with Crippen LogP contribution in [-0.4, -0.2) is 155 Å². The number of fused-ring (bicyclic) bond motifs is 2. The molecule has 10 amide bonds. The maximum atomic E-state index is 15.7. The second-order valence-electron chi connectivity index (χ2n) is 30.0. The SMILES string of the molecule is CC(C)[C@@H]1NC(=O)[C@@H]2CCCN2C(=O)[C@@H](Cc2ccccc2)NC(=O)[C@H](Cc2ccc3ccc4cccc5ccc2c3c45)NC(=O)[C@H](CCCN)NC(=O)[C@H](C(C)C)NC(=O)[C@@H]2CCCN2C(=O)[C@@H](Cc2ccccc2)NC(=O)[C@H](Cc2ccc3ccc4cccc5ccc2c3c45)NC(=O)[C@H](CCCN)NC1=O. The average molecular weight is 1460 g/mol. The van der Waals surface area contributed by atoms with Gasteiger partial charge in [0.15, 0.2) is 0 Å². The fourth-order valence-corrected chi connectivity index (χ4v) is 16.3. The van der Waals surface area contributed by atoms with Crippen LogP contribution in [0, 0.1) is 11.8 Å². The van der Waals surface area contributed by atoms with E-state index in [4.69, 9.17) is 11.5 Å². The van der Waals surface area contributed by atoms with Crippen LogP contribution in [0.15, 0.2) is 170 Å². The van der Waals surface area contributed by atoms with Crippen LogP contribution in [0.2, 0.25) is 0 Å². The second kappa shape index (κ2) is 33.4. The topological polar surface area (TPSA) is 325 Å². The van der Waals surface area contributed by atoms with Crippen LogP contribution in [0.1, 0.15) is 101 Å². The summed E-state index contributed by atoms with van der Waals surface area (Å²) >= 11 is 0. The molecule has 3 aliphatic heterocycles. The minimum Gasteiger partial charge on any atom is -0.343 e. The predicted octanol–water partition coefficient (Wildman–Crippen LogP) is 7.42. The fourth-order valence-electron chi connectivity index (χ4n) is 16.3. The molecule has 0 aromatic heterocycles. The summed E-state index contributed by atoms with van der Waals surface area (Å²) in [5.41, 5.74) is 15.0. The Balaban J connectivity index is 0.878. The molecular formula is C86H96N12O10. The molecular weight excluding hydrogens is 1360 g/mol. The average Bonchev–Trinajstić information content (AvgIpc) is 0.864. The van der Waals surface area contributed by atoms with E-state index in [0.717, 1.165) is 64.6 Å². The molecule has 10 atom stereocenters. The molecule has 3 saturated heterocycles. The van der Waals surface area contributed by atoms with Gasteiger partial charge < -0.3 is 63.8 Å². The quantitative estimate of drug-likeness (QED) is 0.0423. The van der Waals surface area contributed by atoms with Crippen LogP contribution < -0.4 is 54.0 Å². The van der Waals surface area contributed by atoms with Crippen molar-refractivity contribution in [2.75, 3.05) is 26.2 Å². The van der Waals surface area contributed by atoms with Crippen LogP contribution in [-0.2, 0) is 73.6 Å². The van der Waals surface area contributed by atoms with Gasteiger partial charge in [0.2, 0.25) is 59.1 Å². The van der Waals surface area contributed by atoms with Gasteiger partial charge in [-0.05, 0) is 163 Å². The summed E-state index contributed by atoms with van der Waals surface area (Å²) < 4.78 is 0. The van der Waals surface area contributed by atoms with E-state index in [-0.39, 0.29) is 90.4 Å². The molecule has 10 aromatic carbocycles. The van der Waals surface area contributed by atoms with Gasteiger partial charge in [0.1, 0.15) is 60.4 Å². The number of carbonyl (C=O) groups is 10. The minimum atomic E-state index is -1.40. The molecule has 3 aliphatic rings. The summed E-state index contributed by atoms with van der Waals surface area (Å²) in [5.74, 6) is -7.99. The first-order valence-corrected chi connectivity index (χ1v) is 38.1. The van der Waals surface area contributed by atoms with Gasteiger partial charge in [-0.1, -0.05) is 198 Å². The molecule has 0 spiro atoms. The highest BCUT2D eigenvalue weighted by atomic mass is 16.2. The van der Waals surface area contributed by atoms with Gasteiger partial charge in [0.25, 0.3) is 0 Å². The lowest BCUT2D eigenvalue weighted by Gasteiger charge is -2.33. The Labute approximate surface area is 627 Å². The van der Waals surface area contributed by atoms with E-state index in [0.29, 0.717) is 35.1 Å². The highest BCUT2D eigenvalue weighted by Gasteiger charge is 2.44. The highest BCUT2D eigenvalue weighted by Crippen LogP contribution is 2.39. The van der Waals surface area contributed by atoms with E-state index in [2.05, 4.69) is 54.7 Å². The first-order chi connectivity index (χ1) is 52.2. The smallest absolute Gasteiger partial charge is 0.246 e. The van der Waals surface area contributed by atoms with Crippen LogP contribution >= 0.6 is 0 Å². The summed E-state index contributed by atoms with van der Waals surface area (Å²) in [5, 5.41) is 35.5. The van der Waals surface area contributed by atoms with E-state index in [1.54, 1.807) is 27.7 Å². The number of nitrogens with two attached hydrogens (primary N) is 2. The zero-order chi connectivity index (χ0) is 75.9. The van der Waals surface area contributed by atoms with E-state index in [1.807, 2.05) is 158 Å². The normalized spacial score (nSPS) is 23.2. The summed E-state index contributed by atoms with van der Waals surface area (Å²) in [6.45, 7) is 7.45. The van der Waals surface area contributed by atoms with Crippen molar-refractivity contribution < 1.29 is 47.9 Å². The largest absolute Gasteiger partial charge is 0.343 e. The van der Waals surface area contributed by atoms with Crippen molar-refractivity contribution in [3.8, 4) is 0 Å². The molecule has 0 bridgehead atoms. The van der Waals surface area contributed by atoms with Gasteiger partial charge >= 0.3 is 0 Å². The Morgan fingerprint density at radius 1 is 0.333 bits per heavy atom. The third kappa shape index (κ3) is 16.3. The number of benzene rings is 10. The number of hydrogen-bond donors (Lipinski definition) is 10. The van der Waals surface area contributed by atoms with Crippen molar-refractivity contribution in [2.24, 2.45) is 23.3 Å². The first-order valence-electron chi connectivity index (χ1n) is 38.1. The van der Waals surface area contributed by atoms with E-state index < -0.39 is 131 Å². The third-order valence-corrected chi connectivity index (χ3v) is 22.0. The summed E-state index contributed by atoms with van der Waals surface area (Å²) in [6.07, 6.45) is 1.51. The third-order valence-electron chi connectivity index (χ3n) is 22.0. The number of rotatable bonds is 16. The number of hydrogen-bond acceptors (Lipinski definition) is 12. The molecule has 10 aromatic rings. The zero-order valence-electron chi connectivity index (χ0n) is 61.5. The van der Waals surface area contributed by atoms with Crippen molar-refractivity contribution in [1.29, 1.82) is 0 Å². The van der Waals surface area contributed by atoms with Crippen molar-refractivity contribution in [2.45, 2.75) is 165 Å². The Morgan fingerprint density at radius 2 is 0.657 bits per heavy atom. The van der Waals surface area contributed by atoms with Crippen LogP contribution in [0.4, 0.5) is 0 Å². The standard InChI is InChI=1S/C86H96N12O10/c1-49(2)75-83(105)89-63(25-13-41-87)77(99)91-65(47-59-35-33-57-31-29-53-21-11-23-55-37-39-61(59)73(57)71(53)55)79(101)94-68(46-52-19-9-6-10-20-52)86(108)98-44-16-28-70(98)82(104)96-76(50(3)4)84(106)90-64(26-14-42-88)78(100)92-66(48-60-36-34-58-32-30-54-22-12-24-56-38-40-62(60)74(58)72(54)56)80(102)93-67(45-51-17-7-5-8-18-51)85(107)97-43-15-27-69(97)81(103)95-75/h5-12,17-24,29-40,49-50,63-70,75-76H,13-16,25-28,41-48,87-88H2,1-4H3,(H,89,105)(H,90,106)(H,91,99)(H,92,100)(H,93,102)(H,94,101)(H,95,103)(H,96,104)/t63-,64-,65-,66-,67+,68+,69-,70-,75-,76-/m0/s1. The first kappa shape index (κ1) is 75.1. The van der Waals surface area contributed by atoms with Crippen molar-refractivity contribution in [3.05, 3.63) is 192 Å². The molecule has 108 heavy (non-hydrogen) atoms. The predicted molar refractivity (Wildman–Crippen MR) is 419 cm³/mol. The van der Waals surface area contributed by atoms with Crippen LogP contribution in [0.3, 0.4) is 0 Å². The van der Waals surface area contributed by atoms with Gasteiger partial charge in [-0.3, -0.25) is 47.9 Å². The van der Waals surface area contributed by atoms with Gasteiger partial charge in [-0.15, -0.1) is 0 Å². The summed E-state index contributed by atoms with van der Waals surface area (Å²) in [6, 6.07) is 41.5. The molecule has 0 unspecified atom stereocenters. The monoisotopic (exact) mass is 1460 g/mol. The Kier molecular flexibility index (Phi) is 23.2. The van der Waals surface area contributed by atoms with Gasteiger partial charge in [0.05, 0.1) is 0 Å². The minimum absolute atomic E-state index is 0.0179. The second-order valence-corrected chi connectivity index (χ2v) is 30.0. The highest BCUT2D eigenvalue weighted by molar-refractivity contribution is 6.25. The lowest BCUT2D eigenvalue weighted by Crippen LogP contribution is -2.62. The molecule has 22 heteroatoms. The number of nitrogens with one attached hydrogen (secondary N) is 8. The van der Waals surface area contributed by atoms with Crippen molar-refractivity contribution >= 4 is 124 Å². The molecule has 0 saturated carbocycles. The molecule has 22 nitrogen and oxygen atoms in total. The van der Waals surface area contributed by atoms with Crippen LogP contribution in [0.5, 0.6) is 0 Å². The summed E-state index contributed by atoms with van der Waals surface area (Å²) in [4.78, 5) is 156. The molecule has 0 radical (unpaired) electrons. The molecule has 3 heterocycles. The van der Waals surface area contributed by atoms with Crippen molar-refractivity contribution in [3.63, 3.8) is 0 Å². The maximum Gasteiger partial charge on any atom is 0.246 e. The van der Waals surface area contributed by atoms with E-state index in [9.17, 15) is 0 Å². The van der Waals surface area contributed by atoms with E-state index >= 15 is 47.9 Å². The number of carbonyl (C=O) groups excluding carboxylic acids is 10. The fraction of sp³-hybridized carbons (Fsp3) is 0.372.